The van der Waals surface area contributed by atoms with Crippen LogP contribution in [0.3, 0.4) is 0 Å². The summed E-state index contributed by atoms with van der Waals surface area (Å²) in [4.78, 5) is 0. The Balaban J connectivity index is 2.37. The van der Waals surface area contributed by atoms with Crippen LogP contribution in [0.1, 0.15) is 0 Å². The van der Waals surface area contributed by atoms with Gasteiger partial charge >= 0.3 is 168 Å². The van der Waals surface area contributed by atoms with Crippen molar-refractivity contribution in [3.63, 3.8) is 0 Å². The topological polar surface area (TPSA) is 0 Å². The number of rotatable bonds is 4. The molecule has 29 heavy (non-hydrogen) atoms. The van der Waals surface area contributed by atoms with Gasteiger partial charge in [0.25, 0.3) is 0 Å². The van der Waals surface area contributed by atoms with Crippen LogP contribution in [0, 0.1) is 0 Å². The second-order valence-corrected chi connectivity index (χ2v) is 11.7. The number of halogens is 3. The van der Waals surface area contributed by atoms with Gasteiger partial charge < -0.3 is 0 Å². The van der Waals surface area contributed by atoms with Crippen molar-refractivity contribution in [1.29, 1.82) is 0 Å². The zero-order valence-electron chi connectivity index (χ0n) is 15.6. The summed E-state index contributed by atoms with van der Waals surface area (Å²) in [6, 6.07) is 33.5. The SMILES string of the molecule is FC(F)(F)P(c1ccccc1)(c1ccccc1)(c1ccccc1)c1ccccc1. The molecule has 0 saturated heterocycles. The van der Waals surface area contributed by atoms with E-state index in [9.17, 15) is 0 Å². The van der Waals surface area contributed by atoms with Crippen LogP contribution in [-0.2, 0) is 0 Å². The summed E-state index contributed by atoms with van der Waals surface area (Å²) in [6.45, 7) is -5.08. The molecule has 0 aromatic heterocycles. The van der Waals surface area contributed by atoms with E-state index in [1.165, 1.54) is 0 Å². The minimum atomic E-state index is -5.08. The van der Waals surface area contributed by atoms with Crippen molar-refractivity contribution in [1.82, 2.24) is 0 Å². The molecule has 0 nitrogen and oxygen atoms in total. The van der Waals surface area contributed by atoms with Crippen molar-refractivity contribution in [2.24, 2.45) is 0 Å². The summed E-state index contributed by atoms with van der Waals surface area (Å²) < 4.78 is 47.5. The van der Waals surface area contributed by atoms with Gasteiger partial charge in [-0.1, -0.05) is 0 Å². The van der Waals surface area contributed by atoms with E-state index in [-0.39, 0.29) is 21.2 Å². The first kappa shape index (κ1) is 19.4. The molecule has 4 aromatic rings. The standard InChI is InChI=1S/C25H20F3P/c26-25(27,28)29(21-13-5-1-6-14-21,22-15-7-2-8-16-22,23-17-9-3-10-18-23)24-19-11-4-12-20-24/h1-20H. The fourth-order valence-corrected chi connectivity index (χ4v) is 10.4. The molecule has 0 fully saturated rings. The quantitative estimate of drug-likeness (QED) is 0.399. The molecule has 0 radical (unpaired) electrons. The summed E-state index contributed by atoms with van der Waals surface area (Å²) in [5, 5.41) is 1.15. The fraction of sp³-hybridized carbons (Fsp3) is 0.0400. The fourth-order valence-electron chi connectivity index (χ4n) is 4.38. The van der Waals surface area contributed by atoms with Gasteiger partial charge in [0.1, 0.15) is 0 Å². The Labute approximate surface area is 168 Å². The Kier molecular flexibility index (Phi) is 4.80. The van der Waals surface area contributed by atoms with Gasteiger partial charge in [0, 0.05) is 0 Å². The molecule has 0 saturated carbocycles. The second kappa shape index (κ2) is 7.17. The molecule has 0 bridgehead atoms. The van der Waals surface area contributed by atoms with Crippen LogP contribution in [0.4, 0.5) is 13.2 Å². The van der Waals surface area contributed by atoms with Crippen molar-refractivity contribution in [3.05, 3.63) is 121 Å². The predicted molar refractivity (Wildman–Crippen MR) is 117 cm³/mol. The number of hydrogen-bond donors (Lipinski definition) is 0. The molecular formula is C25H20F3P. The molecule has 0 aliphatic heterocycles. The molecule has 4 rings (SSSR count). The maximum atomic E-state index is 15.8. The third kappa shape index (κ3) is 2.51. The van der Waals surface area contributed by atoms with Gasteiger partial charge in [-0.3, -0.25) is 0 Å². The van der Waals surface area contributed by atoms with E-state index in [2.05, 4.69) is 0 Å². The Morgan fingerprint density at radius 3 is 0.759 bits per heavy atom. The average molecular weight is 408 g/mol. The summed E-state index contributed by atoms with van der Waals surface area (Å²) in [7, 11) is 0. The molecule has 146 valence electrons. The predicted octanol–water partition coefficient (Wildman–Crippen LogP) is 5.36. The summed E-state index contributed by atoms with van der Waals surface area (Å²) in [6.07, 6.45) is 0. The van der Waals surface area contributed by atoms with Crippen LogP contribution in [-0.4, -0.2) is 5.92 Å². The van der Waals surface area contributed by atoms with Gasteiger partial charge in [0.2, 0.25) is 0 Å². The van der Waals surface area contributed by atoms with E-state index in [0.29, 0.717) is 0 Å². The third-order valence-electron chi connectivity index (χ3n) is 5.60. The van der Waals surface area contributed by atoms with Gasteiger partial charge in [-0.05, 0) is 0 Å². The van der Waals surface area contributed by atoms with Crippen LogP contribution in [0.15, 0.2) is 121 Å². The Morgan fingerprint density at radius 2 is 0.586 bits per heavy atom. The molecule has 4 aromatic carbocycles. The van der Waals surface area contributed by atoms with Gasteiger partial charge in [-0.2, -0.15) is 0 Å². The van der Waals surface area contributed by atoms with Gasteiger partial charge in [-0.15, -0.1) is 0 Å². The van der Waals surface area contributed by atoms with E-state index in [1.54, 1.807) is 121 Å². The number of hydrogen-bond acceptors (Lipinski definition) is 0. The molecule has 0 aliphatic rings. The van der Waals surface area contributed by atoms with Gasteiger partial charge in [0.15, 0.2) is 0 Å². The van der Waals surface area contributed by atoms with E-state index in [0.717, 1.165) is 0 Å². The summed E-state index contributed by atoms with van der Waals surface area (Å²) in [5.74, 6) is -4.54. The van der Waals surface area contributed by atoms with E-state index in [1.807, 2.05) is 0 Å². The Hall–Kier alpha value is -2.90. The van der Waals surface area contributed by atoms with Crippen LogP contribution >= 0.6 is 6.60 Å². The molecule has 4 heteroatoms. The van der Waals surface area contributed by atoms with Crippen LogP contribution in [0.2, 0.25) is 0 Å². The summed E-state index contributed by atoms with van der Waals surface area (Å²) in [5.41, 5.74) is 0. The molecule has 0 amide bonds. The summed E-state index contributed by atoms with van der Waals surface area (Å²) >= 11 is 0. The van der Waals surface area contributed by atoms with E-state index >= 15 is 13.2 Å². The monoisotopic (exact) mass is 408 g/mol. The molecular weight excluding hydrogens is 388 g/mol. The molecule has 0 spiro atoms. The maximum absolute atomic E-state index is 15.8. The first-order valence-electron chi connectivity index (χ1n) is 9.33. The van der Waals surface area contributed by atoms with Crippen LogP contribution in [0.25, 0.3) is 0 Å². The normalized spacial score (nSPS) is 13.4. The molecule has 0 aliphatic carbocycles. The molecule has 0 atom stereocenters. The number of benzene rings is 4. The van der Waals surface area contributed by atoms with Gasteiger partial charge in [0.05, 0.1) is 0 Å². The van der Waals surface area contributed by atoms with Crippen molar-refractivity contribution >= 4 is 27.8 Å². The van der Waals surface area contributed by atoms with E-state index in [4.69, 9.17) is 0 Å². The Bertz CT molecular complexity index is 907. The third-order valence-corrected chi connectivity index (χ3v) is 11.9. The second-order valence-electron chi connectivity index (χ2n) is 6.93. The number of alkyl halides is 3. The van der Waals surface area contributed by atoms with Crippen molar-refractivity contribution < 1.29 is 13.2 Å². The van der Waals surface area contributed by atoms with Crippen molar-refractivity contribution in [3.8, 4) is 0 Å². The van der Waals surface area contributed by atoms with Crippen LogP contribution in [0.5, 0.6) is 0 Å². The van der Waals surface area contributed by atoms with Crippen molar-refractivity contribution in [2.75, 3.05) is 0 Å². The zero-order chi connectivity index (χ0) is 20.4. The molecule has 0 N–H and O–H groups in total. The molecule has 0 unspecified atom stereocenters. The first-order chi connectivity index (χ1) is 14.0. The Morgan fingerprint density at radius 1 is 0.379 bits per heavy atom. The van der Waals surface area contributed by atoms with E-state index < -0.39 is 12.5 Å². The average Bonchev–Trinajstić information content (AvgIpc) is 2.77. The van der Waals surface area contributed by atoms with Crippen molar-refractivity contribution in [2.45, 2.75) is 5.92 Å². The molecule has 0 heterocycles. The zero-order valence-corrected chi connectivity index (χ0v) is 16.5. The van der Waals surface area contributed by atoms with Crippen LogP contribution < -0.4 is 21.2 Å². The van der Waals surface area contributed by atoms with Gasteiger partial charge in [-0.25, -0.2) is 0 Å². The first-order valence-corrected chi connectivity index (χ1v) is 11.6. The minimum absolute atomic E-state index is 0.287.